The van der Waals surface area contributed by atoms with E-state index in [-0.39, 0.29) is 0 Å². The molecule has 1 fully saturated rings. The van der Waals surface area contributed by atoms with Gasteiger partial charge in [0.15, 0.2) is 5.11 Å². The molecule has 1 aliphatic heterocycles. The van der Waals surface area contributed by atoms with Gasteiger partial charge < -0.3 is 15.0 Å². The fourth-order valence-corrected chi connectivity index (χ4v) is 4.68. The summed E-state index contributed by atoms with van der Waals surface area (Å²) >= 11 is 11.9. The van der Waals surface area contributed by atoms with Gasteiger partial charge in [0.25, 0.3) is 0 Å². The van der Waals surface area contributed by atoms with Crippen LogP contribution in [0.4, 0.5) is 0 Å². The molecule has 1 N–H and O–H groups in total. The molecule has 0 bridgehead atoms. The molecule has 1 aromatic rings. The molecule has 1 heterocycles. The van der Waals surface area contributed by atoms with Gasteiger partial charge in [-0.2, -0.15) is 0 Å². The van der Waals surface area contributed by atoms with Crippen molar-refractivity contribution in [2.45, 2.75) is 84.1 Å². The lowest BCUT2D eigenvalue weighted by molar-refractivity contribution is 0.0367. The van der Waals surface area contributed by atoms with Crippen molar-refractivity contribution in [2.75, 3.05) is 45.9 Å². The standard InChI is InChI=1S/C27H46ClN3OS/c1-2-3-4-5-6-7-8-9-10-11-17-29-27(33)31(24-25-13-15-26(28)16-14-25)19-12-18-30-20-22-32-23-21-30/h13-16H,2-12,17-24H2,1H3,(H,29,33). The maximum Gasteiger partial charge on any atom is 0.169 e. The minimum absolute atomic E-state index is 0.777. The van der Waals surface area contributed by atoms with Crippen LogP contribution in [-0.2, 0) is 11.3 Å². The highest BCUT2D eigenvalue weighted by Gasteiger charge is 2.13. The Kier molecular flexibility index (Phi) is 15.9. The first kappa shape index (κ1) is 28.4. The van der Waals surface area contributed by atoms with Crippen LogP contribution in [0, 0.1) is 0 Å². The van der Waals surface area contributed by atoms with Gasteiger partial charge in [-0.15, -0.1) is 0 Å². The van der Waals surface area contributed by atoms with Crippen LogP contribution in [0.5, 0.6) is 0 Å². The number of rotatable bonds is 17. The summed E-state index contributed by atoms with van der Waals surface area (Å²) in [5, 5.41) is 5.18. The van der Waals surface area contributed by atoms with Crippen LogP contribution in [0.1, 0.15) is 83.1 Å². The molecule has 1 saturated heterocycles. The Hall–Kier alpha value is -0.880. The van der Waals surface area contributed by atoms with Gasteiger partial charge in [0, 0.05) is 44.3 Å². The van der Waals surface area contributed by atoms with Crippen molar-refractivity contribution in [2.24, 2.45) is 0 Å². The Balaban J connectivity index is 1.65. The van der Waals surface area contributed by atoms with Crippen LogP contribution >= 0.6 is 23.8 Å². The van der Waals surface area contributed by atoms with Crippen molar-refractivity contribution in [3.8, 4) is 0 Å². The summed E-state index contributed by atoms with van der Waals surface area (Å²) in [5.74, 6) is 0. The van der Waals surface area contributed by atoms with Crippen molar-refractivity contribution in [3.05, 3.63) is 34.9 Å². The molecule has 0 aromatic heterocycles. The second-order valence-electron chi connectivity index (χ2n) is 9.27. The zero-order chi connectivity index (χ0) is 23.6. The third kappa shape index (κ3) is 13.6. The topological polar surface area (TPSA) is 27.7 Å². The first-order valence-electron chi connectivity index (χ1n) is 13.3. The molecule has 1 aliphatic rings. The van der Waals surface area contributed by atoms with E-state index in [4.69, 9.17) is 28.6 Å². The van der Waals surface area contributed by atoms with E-state index >= 15 is 0 Å². The van der Waals surface area contributed by atoms with Crippen molar-refractivity contribution in [3.63, 3.8) is 0 Å². The quantitative estimate of drug-likeness (QED) is 0.192. The minimum atomic E-state index is 0.777. The number of nitrogens with one attached hydrogen (secondary N) is 1. The highest BCUT2D eigenvalue weighted by Crippen LogP contribution is 2.13. The van der Waals surface area contributed by atoms with E-state index in [2.05, 4.69) is 34.2 Å². The van der Waals surface area contributed by atoms with E-state index in [1.54, 1.807) is 0 Å². The van der Waals surface area contributed by atoms with Crippen LogP contribution in [0.3, 0.4) is 0 Å². The summed E-state index contributed by atoms with van der Waals surface area (Å²) < 4.78 is 5.47. The Bertz CT molecular complexity index is 622. The molecule has 188 valence electrons. The Morgan fingerprint density at radius 1 is 0.939 bits per heavy atom. The van der Waals surface area contributed by atoms with Crippen molar-refractivity contribution < 1.29 is 4.74 Å². The number of unbranched alkanes of at least 4 members (excludes halogenated alkanes) is 9. The molecule has 6 heteroatoms. The predicted molar refractivity (Wildman–Crippen MR) is 146 cm³/mol. The van der Waals surface area contributed by atoms with Gasteiger partial charge in [-0.05, 0) is 42.8 Å². The van der Waals surface area contributed by atoms with E-state index in [9.17, 15) is 0 Å². The van der Waals surface area contributed by atoms with Gasteiger partial charge >= 0.3 is 0 Å². The molecule has 4 nitrogen and oxygen atoms in total. The third-order valence-electron chi connectivity index (χ3n) is 6.39. The molecule has 1 aromatic carbocycles. The minimum Gasteiger partial charge on any atom is -0.379 e. The fraction of sp³-hybridized carbons (Fsp3) is 0.741. The number of benzene rings is 1. The first-order chi connectivity index (χ1) is 16.2. The van der Waals surface area contributed by atoms with Crippen LogP contribution in [0.2, 0.25) is 5.02 Å². The SMILES string of the molecule is CCCCCCCCCCCCNC(=S)N(CCCN1CCOCC1)Cc1ccc(Cl)cc1. The number of ether oxygens (including phenoxy) is 1. The molecule has 0 unspecified atom stereocenters. The monoisotopic (exact) mass is 495 g/mol. The highest BCUT2D eigenvalue weighted by molar-refractivity contribution is 7.80. The largest absolute Gasteiger partial charge is 0.379 e. The van der Waals surface area contributed by atoms with Crippen molar-refractivity contribution in [1.29, 1.82) is 0 Å². The van der Waals surface area contributed by atoms with Crippen molar-refractivity contribution in [1.82, 2.24) is 15.1 Å². The van der Waals surface area contributed by atoms with Crippen LogP contribution in [-0.4, -0.2) is 60.8 Å². The van der Waals surface area contributed by atoms with Gasteiger partial charge in [0.05, 0.1) is 13.2 Å². The van der Waals surface area contributed by atoms with Crippen LogP contribution in [0.25, 0.3) is 0 Å². The summed E-state index contributed by atoms with van der Waals surface area (Å²) in [7, 11) is 0. The second kappa shape index (κ2) is 18.4. The van der Waals surface area contributed by atoms with E-state index in [0.29, 0.717) is 0 Å². The number of halogens is 1. The maximum absolute atomic E-state index is 6.07. The molecule has 33 heavy (non-hydrogen) atoms. The number of hydrogen-bond donors (Lipinski definition) is 1. The molecule has 0 radical (unpaired) electrons. The molecular weight excluding hydrogens is 450 g/mol. The lowest BCUT2D eigenvalue weighted by Gasteiger charge is -2.29. The van der Waals surface area contributed by atoms with E-state index in [1.807, 2.05) is 12.1 Å². The average Bonchev–Trinajstić information content (AvgIpc) is 2.83. The smallest absolute Gasteiger partial charge is 0.169 e. The summed E-state index contributed by atoms with van der Waals surface area (Å²) in [6.07, 6.45) is 14.7. The van der Waals surface area contributed by atoms with E-state index in [1.165, 1.54) is 69.8 Å². The van der Waals surface area contributed by atoms with Crippen molar-refractivity contribution >= 4 is 28.9 Å². The molecule has 0 saturated carbocycles. The lowest BCUT2D eigenvalue weighted by atomic mass is 10.1. The molecule has 0 aliphatic carbocycles. The normalized spacial score (nSPS) is 14.4. The highest BCUT2D eigenvalue weighted by atomic mass is 35.5. The molecule has 0 spiro atoms. The zero-order valence-corrected chi connectivity index (χ0v) is 22.4. The zero-order valence-electron chi connectivity index (χ0n) is 20.8. The number of thiocarbonyl (C=S) groups is 1. The third-order valence-corrected chi connectivity index (χ3v) is 7.04. The van der Waals surface area contributed by atoms with E-state index in [0.717, 1.165) is 69.0 Å². The van der Waals surface area contributed by atoms with Gasteiger partial charge in [0.2, 0.25) is 0 Å². The van der Waals surface area contributed by atoms with Crippen LogP contribution in [0.15, 0.2) is 24.3 Å². The fourth-order valence-electron chi connectivity index (χ4n) is 4.29. The number of nitrogens with zero attached hydrogens (tertiary/aromatic N) is 2. The first-order valence-corrected chi connectivity index (χ1v) is 14.0. The predicted octanol–water partition coefficient (Wildman–Crippen LogP) is 6.66. The molecule has 0 amide bonds. The molecule has 2 rings (SSSR count). The summed E-state index contributed by atoms with van der Waals surface area (Å²) in [6, 6.07) is 8.12. The average molecular weight is 496 g/mol. The summed E-state index contributed by atoms with van der Waals surface area (Å²) in [6.45, 7) is 9.92. The van der Waals surface area contributed by atoms with Gasteiger partial charge in [0.1, 0.15) is 0 Å². The maximum atomic E-state index is 6.07. The number of morpholine rings is 1. The Labute approximate surface area is 213 Å². The van der Waals surface area contributed by atoms with E-state index < -0.39 is 0 Å². The molecular formula is C27H46ClN3OS. The Morgan fingerprint density at radius 3 is 2.18 bits per heavy atom. The summed E-state index contributed by atoms with van der Waals surface area (Å²) in [4.78, 5) is 4.81. The molecule has 0 atom stereocenters. The van der Waals surface area contributed by atoms with Gasteiger partial charge in [-0.3, -0.25) is 4.90 Å². The number of hydrogen-bond acceptors (Lipinski definition) is 3. The van der Waals surface area contributed by atoms with Gasteiger partial charge in [-0.25, -0.2) is 0 Å². The van der Waals surface area contributed by atoms with Gasteiger partial charge in [-0.1, -0.05) is 88.4 Å². The summed E-state index contributed by atoms with van der Waals surface area (Å²) in [5.41, 5.74) is 1.24. The Morgan fingerprint density at radius 2 is 1.55 bits per heavy atom. The van der Waals surface area contributed by atoms with Crippen LogP contribution < -0.4 is 5.32 Å². The lowest BCUT2D eigenvalue weighted by Crippen LogP contribution is -2.42. The second-order valence-corrected chi connectivity index (χ2v) is 10.1.